The van der Waals surface area contributed by atoms with Crippen molar-refractivity contribution >= 4 is 27.5 Å². The summed E-state index contributed by atoms with van der Waals surface area (Å²) in [4.78, 5) is 24.8. The first-order valence-electron chi connectivity index (χ1n) is 11.5. The molecule has 0 bridgehead atoms. The summed E-state index contributed by atoms with van der Waals surface area (Å²) >= 11 is 0. The number of amides is 2. The molecule has 2 N–H and O–H groups in total. The fourth-order valence-corrected chi connectivity index (χ4v) is 6.19. The molecule has 10 heteroatoms. The minimum Gasteiger partial charge on any atom is -0.454 e. The number of nitrogens with zero attached hydrogens (tertiary/aromatic N) is 1. The molecule has 2 aromatic carbocycles. The highest BCUT2D eigenvalue weighted by Gasteiger charge is 2.33. The zero-order valence-corrected chi connectivity index (χ0v) is 19.5. The first kappa shape index (κ1) is 22.7. The molecule has 2 aromatic rings. The van der Waals surface area contributed by atoms with Gasteiger partial charge in [-0.1, -0.05) is 6.07 Å². The second-order valence-corrected chi connectivity index (χ2v) is 10.8. The van der Waals surface area contributed by atoms with E-state index in [0.717, 1.165) is 11.1 Å². The van der Waals surface area contributed by atoms with Gasteiger partial charge in [0.25, 0.3) is 0 Å². The van der Waals surface area contributed by atoms with E-state index >= 15 is 0 Å². The predicted molar refractivity (Wildman–Crippen MR) is 124 cm³/mol. The Balaban J connectivity index is 1.25. The molecule has 0 aromatic heterocycles. The zero-order chi connectivity index (χ0) is 23.7. The van der Waals surface area contributed by atoms with Gasteiger partial charge in [-0.15, -0.1) is 0 Å². The summed E-state index contributed by atoms with van der Waals surface area (Å²) in [7, 11) is -3.75. The third kappa shape index (κ3) is 4.60. The molecule has 1 fully saturated rings. The van der Waals surface area contributed by atoms with Crippen LogP contribution in [0, 0.1) is 5.92 Å². The lowest BCUT2D eigenvalue weighted by Crippen LogP contribution is -2.45. The summed E-state index contributed by atoms with van der Waals surface area (Å²) in [6.45, 7) is 1.04. The van der Waals surface area contributed by atoms with Crippen molar-refractivity contribution in [2.45, 2.75) is 43.5 Å². The predicted octanol–water partition coefficient (Wildman–Crippen LogP) is 2.41. The second kappa shape index (κ2) is 9.27. The molecule has 0 aliphatic carbocycles. The van der Waals surface area contributed by atoms with Crippen LogP contribution in [0.5, 0.6) is 11.5 Å². The molecule has 3 heterocycles. The van der Waals surface area contributed by atoms with E-state index in [1.165, 1.54) is 10.4 Å². The van der Waals surface area contributed by atoms with E-state index in [9.17, 15) is 18.0 Å². The number of anilines is 1. The normalized spacial score (nSPS) is 20.2. The fourth-order valence-electron chi connectivity index (χ4n) is 4.62. The van der Waals surface area contributed by atoms with Crippen molar-refractivity contribution in [1.82, 2.24) is 9.62 Å². The van der Waals surface area contributed by atoms with Crippen molar-refractivity contribution in [3.63, 3.8) is 0 Å². The zero-order valence-electron chi connectivity index (χ0n) is 18.7. The highest BCUT2D eigenvalue weighted by Crippen LogP contribution is 2.33. The van der Waals surface area contributed by atoms with E-state index in [2.05, 4.69) is 10.6 Å². The van der Waals surface area contributed by atoms with Gasteiger partial charge >= 0.3 is 0 Å². The Kier molecular flexibility index (Phi) is 6.18. The summed E-state index contributed by atoms with van der Waals surface area (Å²) < 4.78 is 38.8. The monoisotopic (exact) mass is 485 g/mol. The van der Waals surface area contributed by atoms with Crippen molar-refractivity contribution < 1.29 is 27.5 Å². The summed E-state index contributed by atoms with van der Waals surface area (Å²) in [5.41, 5.74) is 2.37. The van der Waals surface area contributed by atoms with Crippen LogP contribution < -0.4 is 20.1 Å². The maximum absolute atomic E-state index is 13.4. The van der Waals surface area contributed by atoms with Crippen LogP contribution in [0.3, 0.4) is 0 Å². The molecular weight excluding hydrogens is 458 g/mol. The molecular formula is C24H27N3O6S. The van der Waals surface area contributed by atoms with Crippen LogP contribution in [0.2, 0.25) is 0 Å². The summed E-state index contributed by atoms with van der Waals surface area (Å²) in [5, 5.41) is 5.76. The Labute approximate surface area is 198 Å². The first-order valence-corrected chi connectivity index (χ1v) is 12.9. The van der Waals surface area contributed by atoms with Crippen molar-refractivity contribution in [3.05, 3.63) is 47.5 Å². The van der Waals surface area contributed by atoms with E-state index < -0.39 is 15.9 Å². The summed E-state index contributed by atoms with van der Waals surface area (Å²) in [6.07, 6.45) is 2.99. The Bertz CT molecular complexity index is 1230. The number of fused-ring (bicyclic) bond motifs is 2. The molecule has 1 atom stereocenters. The van der Waals surface area contributed by atoms with E-state index in [1.54, 1.807) is 12.1 Å². The molecule has 0 spiro atoms. The van der Waals surface area contributed by atoms with Crippen LogP contribution in [-0.4, -0.2) is 44.4 Å². The number of sulfonamides is 1. The van der Waals surface area contributed by atoms with Crippen LogP contribution in [0.1, 0.15) is 36.8 Å². The Morgan fingerprint density at radius 3 is 2.82 bits per heavy atom. The quantitative estimate of drug-likeness (QED) is 0.672. The van der Waals surface area contributed by atoms with Gasteiger partial charge in [0.2, 0.25) is 28.6 Å². The van der Waals surface area contributed by atoms with Crippen LogP contribution in [0.25, 0.3) is 0 Å². The number of piperidine rings is 1. The van der Waals surface area contributed by atoms with Gasteiger partial charge < -0.3 is 20.1 Å². The lowest BCUT2D eigenvalue weighted by Gasteiger charge is -2.31. The lowest BCUT2D eigenvalue weighted by molar-refractivity contribution is -0.126. The molecule has 34 heavy (non-hydrogen) atoms. The molecule has 0 saturated carbocycles. The van der Waals surface area contributed by atoms with E-state index in [0.29, 0.717) is 62.4 Å². The number of hydrogen-bond donors (Lipinski definition) is 2. The first-order chi connectivity index (χ1) is 16.4. The maximum atomic E-state index is 13.4. The third-order valence-corrected chi connectivity index (χ3v) is 8.36. The van der Waals surface area contributed by atoms with Gasteiger partial charge in [0.15, 0.2) is 11.5 Å². The third-order valence-electron chi connectivity index (χ3n) is 6.50. The molecule has 2 amide bonds. The molecule has 1 saturated heterocycles. The Morgan fingerprint density at radius 2 is 1.94 bits per heavy atom. The van der Waals surface area contributed by atoms with E-state index in [-0.39, 0.29) is 30.0 Å². The smallest absolute Gasteiger partial charge is 0.243 e. The highest BCUT2D eigenvalue weighted by molar-refractivity contribution is 7.89. The van der Waals surface area contributed by atoms with E-state index in [4.69, 9.17) is 9.47 Å². The number of carbonyl (C=O) groups is 2. The number of hydrogen-bond acceptors (Lipinski definition) is 6. The lowest BCUT2D eigenvalue weighted by atomic mass is 9.98. The summed E-state index contributed by atoms with van der Waals surface area (Å²) in [5.74, 6) is 0.699. The molecule has 3 aliphatic heterocycles. The average Bonchev–Trinajstić information content (AvgIpc) is 3.23. The van der Waals surface area contributed by atoms with Crippen molar-refractivity contribution in [3.8, 4) is 11.5 Å². The topological polar surface area (TPSA) is 114 Å². The maximum Gasteiger partial charge on any atom is 0.243 e. The number of nitrogens with one attached hydrogen (secondary N) is 2. The van der Waals surface area contributed by atoms with E-state index in [1.807, 2.05) is 18.2 Å². The van der Waals surface area contributed by atoms with Gasteiger partial charge in [-0.3, -0.25) is 9.59 Å². The molecule has 5 rings (SSSR count). The molecule has 0 radical (unpaired) electrons. The number of ether oxygens (including phenoxy) is 2. The van der Waals surface area contributed by atoms with Crippen LogP contribution in [0.15, 0.2) is 41.3 Å². The van der Waals surface area contributed by atoms with Crippen LogP contribution in [0.4, 0.5) is 5.69 Å². The Hall–Kier alpha value is -3.11. The van der Waals surface area contributed by atoms with Crippen LogP contribution in [-0.2, 0) is 32.6 Å². The van der Waals surface area contributed by atoms with Gasteiger partial charge in [0.1, 0.15) is 0 Å². The van der Waals surface area contributed by atoms with Gasteiger partial charge in [-0.25, -0.2) is 8.42 Å². The number of benzene rings is 2. The Morgan fingerprint density at radius 1 is 1.09 bits per heavy atom. The largest absolute Gasteiger partial charge is 0.454 e. The molecule has 180 valence electrons. The number of rotatable bonds is 5. The minimum atomic E-state index is -3.75. The fraction of sp³-hybridized carbons (Fsp3) is 0.417. The van der Waals surface area contributed by atoms with Gasteiger partial charge in [-0.05, 0) is 67.1 Å². The highest BCUT2D eigenvalue weighted by atomic mass is 32.2. The number of carbonyl (C=O) groups excluding carboxylic acids is 2. The molecule has 0 unspecified atom stereocenters. The standard InChI is InChI=1S/C24H27N3O6S/c28-23-5-1-3-17-12-19(7-8-20(17)26-23)34(30,31)27-10-2-4-18(14-27)24(29)25-13-16-6-9-21-22(11-16)33-15-32-21/h6-9,11-12,18H,1-5,10,13-15H2,(H,25,29)(H,26,28)/t18-/m0/s1. The average molecular weight is 486 g/mol. The van der Waals surface area contributed by atoms with Gasteiger partial charge in [0, 0.05) is 31.7 Å². The summed E-state index contributed by atoms with van der Waals surface area (Å²) in [6, 6.07) is 10.4. The van der Waals surface area contributed by atoms with Crippen molar-refractivity contribution in [2.75, 3.05) is 25.2 Å². The molecule has 9 nitrogen and oxygen atoms in total. The van der Waals surface area contributed by atoms with Crippen LogP contribution >= 0.6 is 0 Å². The van der Waals surface area contributed by atoms with Gasteiger partial charge in [-0.2, -0.15) is 4.31 Å². The molecule has 3 aliphatic rings. The SMILES string of the molecule is O=C1CCCc2cc(S(=O)(=O)N3CCC[C@H](C(=O)NCc4ccc5c(c4)OCO5)C3)ccc2N1. The minimum absolute atomic E-state index is 0.0556. The van der Waals surface area contributed by atoms with Gasteiger partial charge in [0.05, 0.1) is 10.8 Å². The number of aryl methyl sites for hydroxylation is 1. The van der Waals surface area contributed by atoms with Crippen molar-refractivity contribution in [2.24, 2.45) is 5.92 Å². The van der Waals surface area contributed by atoms with Crippen molar-refractivity contribution in [1.29, 1.82) is 0 Å². The second-order valence-electron chi connectivity index (χ2n) is 8.83.